The molecule has 1 aliphatic heterocycles. The van der Waals surface area contributed by atoms with Gasteiger partial charge in [0.1, 0.15) is 5.75 Å². The lowest BCUT2D eigenvalue weighted by Gasteiger charge is -2.22. The summed E-state index contributed by atoms with van der Waals surface area (Å²) >= 11 is 0. The monoisotopic (exact) mass is 289 g/mol. The third kappa shape index (κ3) is 3.29. The Labute approximate surface area is 125 Å². The van der Waals surface area contributed by atoms with Gasteiger partial charge in [0, 0.05) is 31.5 Å². The molecular formula is C16H23N3O2. The molecule has 0 bridgehead atoms. The highest BCUT2D eigenvalue weighted by Gasteiger charge is 2.53. The SMILES string of the molecule is COc1cccc(NC(N)=NCC2CC23CCOCC3)c1. The van der Waals surface area contributed by atoms with Gasteiger partial charge < -0.3 is 20.5 Å². The van der Waals surface area contributed by atoms with Gasteiger partial charge in [0.25, 0.3) is 0 Å². The Hall–Kier alpha value is -1.75. The molecule has 3 rings (SSSR count). The summed E-state index contributed by atoms with van der Waals surface area (Å²) in [5.41, 5.74) is 7.36. The van der Waals surface area contributed by atoms with E-state index in [0.29, 0.717) is 17.3 Å². The summed E-state index contributed by atoms with van der Waals surface area (Å²) in [5, 5.41) is 3.11. The molecule has 5 nitrogen and oxygen atoms in total. The van der Waals surface area contributed by atoms with E-state index in [1.54, 1.807) is 7.11 Å². The maximum atomic E-state index is 5.96. The number of ether oxygens (including phenoxy) is 2. The molecule has 0 amide bonds. The van der Waals surface area contributed by atoms with Crippen LogP contribution in [0.5, 0.6) is 5.75 Å². The Kier molecular flexibility index (Phi) is 4.01. The number of anilines is 1. The van der Waals surface area contributed by atoms with Gasteiger partial charge in [0.05, 0.1) is 7.11 Å². The smallest absolute Gasteiger partial charge is 0.193 e. The first-order valence-corrected chi connectivity index (χ1v) is 7.51. The summed E-state index contributed by atoms with van der Waals surface area (Å²) in [6, 6.07) is 7.67. The van der Waals surface area contributed by atoms with Crippen molar-refractivity contribution in [1.82, 2.24) is 0 Å². The zero-order valence-electron chi connectivity index (χ0n) is 12.5. The van der Waals surface area contributed by atoms with E-state index in [0.717, 1.165) is 31.2 Å². The lowest BCUT2D eigenvalue weighted by molar-refractivity contribution is 0.0525. The molecule has 0 radical (unpaired) electrons. The van der Waals surface area contributed by atoms with Crippen molar-refractivity contribution in [1.29, 1.82) is 0 Å². The van der Waals surface area contributed by atoms with E-state index in [-0.39, 0.29) is 0 Å². The van der Waals surface area contributed by atoms with E-state index in [2.05, 4.69) is 10.3 Å². The second-order valence-electron chi connectivity index (χ2n) is 5.96. The van der Waals surface area contributed by atoms with Gasteiger partial charge in [0.2, 0.25) is 0 Å². The minimum absolute atomic E-state index is 0.470. The number of hydrogen-bond donors (Lipinski definition) is 2. The standard InChI is InChI=1S/C16H23N3O2/c1-20-14-4-2-3-13(9-14)19-15(17)18-11-12-10-16(12)5-7-21-8-6-16/h2-4,9,12H,5-8,10-11H2,1H3,(H3,17,18,19). The molecule has 1 saturated carbocycles. The molecule has 114 valence electrons. The van der Waals surface area contributed by atoms with Gasteiger partial charge in [-0.3, -0.25) is 4.99 Å². The highest BCUT2D eigenvalue weighted by molar-refractivity contribution is 5.92. The van der Waals surface area contributed by atoms with Crippen molar-refractivity contribution in [2.45, 2.75) is 19.3 Å². The number of aliphatic imine (C=N–C) groups is 1. The molecule has 1 aromatic rings. The van der Waals surface area contributed by atoms with Crippen LogP contribution in [0.15, 0.2) is 29.3 Å². The Morgan fingerprint density at radius 1 is 1.48 bits per heavy atom. The molecule has 1 aromatic carbocycles. The van der Waals surface area contributed by atoms with Crippen LogP contribution >= 0.6 is 0 Å². The minimum atomic E-state index is 0.470. The normalized spacial score (nSPS) is 23.9. The number of guanidine groups is 1. The van der Waals surface area contributed by atoms with Crippen LogP contribution in [-0.2, 0) is 4.74 Å². The van der Waals surface area contributed by atoms with Crippen molar-refractivity contribution in [2.24, 2.45) is 22.1 Å². The fourth-order valence-corrected chi connectivity index (χ4v) is 3.18. The third-order valence-electron chi connectivity index (χ3n) is 4.67. The lowest BCUT2D eigenvalue weighted by Crippen LogP contribution is -2.24. The number of rotatable bonds is 4. The van der Waals surface area contributed by atoms with Gasteiger partial charge in [-0.25, -0.2) is 0 Å². The first-order valence-electron chi connectivity index (χ1n) is 7.51. The molecular weight excluding hydrogens is 266 g/mol. The van der Waals surface area contributed by atoms with Crippen molar-refractivity contribution in [3.8, 4) is 5.75 Å². The largest absolute Gasteiger partial charge is 0.497 e. The van der Waals surface area contributed by atoms with E-state index in [1.807, 2.05) is 24.3 Å². The Bertz CT molecular complexity index is 524. The number of nitrogens with zero attached hydrogens (tertiary/aromatic N) is 1. The Morgan fingerprint density at radius 3 is 3.05 bits per heavy atom. The van der Waals surface area contributed by atoms with Gasteiger partial charge in [-0.05, 0) is 42.7 Å². The fourth-order valence-electron chi connectivity index (χ4n) is 3.18. The van der Waals surface area contributed by atoms with Gasteiger partial charge in [0.15, 0.2) is 5.96 Å². The Morgan fingerprint density at radius 2 is 2.29 bits per heavy atom. The molecule has 1 spiro atoms. The van der Waals surface area contributed by atoms with Crippen LogP contribution in [0.4, 0.5) is 5.69 Å². The molecule has 21 heavy (non-hydrogen) atoms. The van der Waals surface area contributed by atoms with E-state index >= 15 is 0 Å². The molecule has 2 fully saturated rings. The fraction of sp³-hybridized carbons (Fsp3) is 0.562. The second kappa shape index (κ2) is 5.93. The lowest BCUT2D eigenvalue weighted by atomic mass is 9.94. The number of nitrogens with one attached hydrogen (secondary N) is 1. The number of nitrogens with two attached hydrogens (primary N) is 1. The van der Waals surface area contributed by atoms with Crippen LogP contribution in [0, 0.1) is 11.3 Å². The van der Waals surface area contributed by atoms with Crippen molar-refractivity contribution in [2.75, 3.05) is 32.2 Å². The number of benzene rings is 1. The van der Waals surface area contributed by atoms with Crippen molar-refractivity contribution in [3.05, 3.63) is 24.3 Å². The Balaban J connectivity index is 1.52. The first kappa shape index (κ1) is 14.2. The molecule has 1 heterocycles. The summed E-state index contributed by atoms with van der Waals surface area (Å²) in [6.07, 6.45) is 3.62. The highest BCUT2D eigenvalue weighted by Crippen LogP contribution is 2.59. The highest BCUT2D eigenvalue weighted by atomic mass is 16.5. The average molecular weight is 289 g/mol. The van der Waals surface area contributed by atoms with Crippen LogP contribution in [0.1, 0.15) is 19.3 Å². The second-order valence-corrected chi connectivity index (χ2v) is 5.96. The van der Waals surface area contributed by atoms with Crippen LogP contribution in [0.2, 0.25) is 0 Å². The molecule has 1 aliphatic carbocycles. The van der Waals surface area contributed by atoms with Crippen LogP contribution < -0.4 is 15.8 Å². The van der Waals surface area contributed by atoms with Crippen LogP contribution in [0.3, 0.4) is 0 Å². The van der Waals surface area contributed by atoms with Gasteiger partial charge in [-0.2, -0.15) is 0 Å². The minimum Gasteiger partial charge on any atom is -0.497 e. The van der Waals surface area contributed by atoms with Crippen molar-refractivity contribution in [3.63, 3.8) is 0 Å². The zero-order valence-corrected chi connectivity index (χ0v) is 12.5. The molecule has 2 aliphatic rings. The predicted molar refractivity (Wildman–Crippen MR) is 83.7 cm³/mol. The molecule has 5 heteroatoms. The quantitative estimate of drug-likeness (QED) is 0.659. The zero-order chi connectivity index (χ0) is 14.7. The van der Waals surface area contributed by atoms with E-state index < -0.39 is 0 Å². The van der Waals surface area contributed by atoms with E-state index in [4.69, 9.17) is 15.2 Å². The summed E-state index contributed by atoms with van der Waals surface area (Å²) < 4.78 is 10.6. The summed E-state index contributed by atoms with van der Waals surface area (Å²) in [5.74, 6) is 1.94. The maximum absolute atomic E-state index is 5.96. The van der Waals surface area contributed by atoms with Crippen LogP contribution in [-0.4, -0.2) is 32.8 Å². The van der Waals surface area contributed by atoms with Gasteiger partial charge >= 0.3 is 0 Å². The van der Waals surface area contributed by atoms with E-state index in [1.165, 1.54) is 19.3 Å². The number of methoxy groups -OCH3 is 1. The summed E-state index contributed by atoms with van der Waals surface area (Å²) in [6.45, 7) is 2.61. The maximum Gasteiger partial charge on any atom is 0.193 e. The van der Waals surface area contributed by atoms with E-state index in [9.17, 15) is 0 Å². The van der Waals surface area contributed by atoms with Gasteiger partial charge in [-0.1, -0.05) is 6.07 Å². The molecule has 1 atom stereocenters. The van der Waals surface area contributed by atoms with Crippen molar-refractivity contribution >= 4 is 11.6 Å². The van der Waals surface area contributed by atoms with Crippen molar-refractivity contribution < 1.29 is 9.47 Å². The third-order valence-corrected chi connectivity index (χ3v) is 4.67. The number of hydrogen-bond acceptors (Lipinski definition) is 3. The summed E-state index contributed by atoms with van der Waals surface area (Å²) in [4.78, 5) is 4.49. The predicted octanol–water partition coefficient (Wildman–Crippen LogP) is 2.24. The summed E-state index contributed by atoms with van der Waals surface area (Å²) in [7, 11) is 1.65. The molecule has 1 saturated heterocycles. The average Bonchev–Trinajstić information content (AvgIpc) is 3.18. The van der Waals surface area contributed by atoms with Gasteiger partial charge in [-0.15, -0.1) is 0 Å². The molecule has 3 N–H and O–H groups in total. The molecule has 1 unspecified atom stereocenters. The van der Waals surface area contributed by atoms with Crippen LogP contribution in [0.25, 0.3) is 0 Å². The topological polar surface area (TPSA) is 68.9 Å². The molecule has 0 aromatic heterocycles. The first-order chi connectivity index (χ1) is 10.2.